The van der Waals surface area contributed by atoms with Crippen LogP contribution < -0.4 is 5.32 Å². The van der Waals surface area contributed by atoms with Crippen molar-refractivity contribution < 1.29 is 22.8 Å². The third kappa shape index (κ3) is 5.01. The summed E-state index contributed by atoms with van der Waals surface area (Å²) >= 11 is 3.33. The van der Waals surface area contributed by atoms with Crippen LogP contribution >= 0.6 is 15.9 Å². The van der Waals surface area contributed by atoms with Crippen molar-refractivity contribution in [3.8, 4) is 0 Å². The molecule has 0 spiro atoms. The highest BCUT2D eigenvalue weighted by atomic mass is 79.9. The number of likely N-dealkylation sites (tertiary alicyclic amines) is 1. The van der Waals surface area contributed by atoms with E-state index in [1.165, 1.54) is 12.1 Å². The predicted molar refractivity (Wildman–Crippen MR) is 105 cm³/mol. The lowest BCUT2D eigenvalue weighted by Crippen LogP contribution is -2.39. The van der Waals surface area contributed by atoms with E-state index in [1.54, 1.807) is 21.7 Å². The predicted octanol–water partition coefficient (Wildman–Crippen LogP) is 4.38. The van der Waals surface area contributed by atoms with Crippen LogP contribution in [0.5, 0.6) is 0 Å². The van der Waals surface area contributed by atoms with Crippen LogP contribution in [0.3, 0.4) is 0 Å². The highest BCUT2D eigenvalue weighted by molar-refractivity contribution is 9.10. The number of hydrogen-bond donors (Lipinski definition) is 1. The van der Waals surface area contributed by atoms with Gasteiger partial charge < -0.3 is 14.8 Å². The number of amides is 2. The van der Waals surface area contributed by atoms with Gasteiger partial charge in [0.15, 0.2) is 0 Å². The monoisotopic (exact) mass is 471 g/mol. The van der Waals surface area contributed by atoms with Crippen molar-refractivity contribution in [1.29, 1.82) is 0 Å². The zero-order chi connectivity index (χ0) is 21.2. The van der Waals surface area contributed by atoms with Crippen LogP contribution in [0.2, 0.25) is 0 Å². The van der Waals surface area contributed by atoms with E-state index in [2.05, 4.69) is 21.2 Å². The summed E-state index contributed by atoms with van der Waals surface area (Å²) in [7, 11) is 0. The molecule has 2 heterocycles. The minimum Gasteiger partial charge on any atom is -0.343 e. The first-order chi connectivity index (χ1) is 13.7. The molecule has 2 aromatic rings. The van der Waals surface area contributed by atoms with Crippen LogP contribution in [0.1, 0.15) is 47.4 Å². The van der Waals surface area contributed by atoms with Gasteiger partial charge in [0.05, 0.1) is 11.6 Å². The molecule has 29 heavy (non-hydrogen) atoms. The summed E-state index contributed by atoms with van der Waals surface area (Å²) in [6.45, 7) is 3.10. The average Bonchev–Trinajstić information content (AvgIpc) is 3.25. The second kappa shape index (κ2) is 8.61. The number of nitrogens with zero attached hydrogens (tertiary/aromatic N) is 2. The third-order valence-electron chi connectivity index (χ3n) is 4.93. The van der Waals surface area contributed by atoms with E-state index < -0.39 is 23.7 Å². The summed E-state index contributed by atoms with van der Waals surface area (Å²) in [4.78, 5) is 26.5. The maximum absolute atomic E-state index is 13.2. The summed E-state index contributed by atoms with van der Waals surface area (Å²) in [5.74, 6) is -0.470. The molecule has 1 aliphatic heterocycles. The van der Waals surface area contributed by atoms with Crippen molar-refractivity contribution in [2.45, 2.75) is 38.5 Å². The summed E-state index contributed by atoms with van der Waals surface area (Å²) in [5.41, 5.74) is -0.0904. The van der Waals surface area contributed by atoms with Gasteiger partial charge in [0.1, 0.15) is 5.69 Å². The number of alkyl halides is 3. The maximum atomic E-state index is 13.2. The lowest BCUT2D eigenvalue weighted by atomic mass is 10.0. The fourth-order valence-electron chi connectivity index (χ4n) is 3.44. The molecule has 1 atom stereocenters. The Morgan fingerprint density at radius 3 is 2.69 bits per heavy atom. The van der Waals surface area contributed by atoms with Crippen molar-refractivity contribution in [3.63, 3.8) is 0 Å². The Hall–Kier alpha value is -2.29. The molecule has 0 saturated carbocycles. The molecular weight excluding hydrogens is 451 g/mol. The first-order valence-corrected chi connectivity index (χ1v) is 10.1. The molecule has 3 rings (SSSR count). The molecule has 1 fully saturated rings. The fourth-order valence-corrected chi connectivity index (χ4v) is 3.91. The minimum absolute atomic E-state index is 0.0593. The molecule has 1 aliphatic rings. The van der Waals surface area contributed by atoms with E-state index in [0.29, 0.717) is 37.2 Å². The molecular formula is C20H21BrF3N3O2. The topological polar surface area (TPSA) is 54.3 Å². The van der Waals surface area contributed by atoms with Gasteiger partial charge in [-0.05, 0) is 53.0 Å². The number of aryl methyl sites for hydroxylation is 1. The van der Waals surface area contributed by atoms with Crippen LogP contribution in [0.15, 0.2) is 41.0 Å². The van der Waals surface area contributed by atoms with E-state index in [0.717, 1.165) is 16.6 Å². The standard InChI is InChI=1S/C20H21BrF3N3O2/c1-2-26-11-15(21)10-17(26)19(29)25-16(12-27-8-4-7-18(27)28)13-5-3-6-14(9-13)20(22,23)24/h3,5-6,9-11,16H,2,4,7-8,12H2,1H3,(H,25,29). The molecule has 0 aliphatic carbocycles. The van der Waals surface area contributed by atoms with Crippen molar-refractivity contribution in [2.24, 2.45) is 0 Å². The molecule has 5 nitrogen and oxygen atoms in total. The van der Waals surface area contributed by atoms with Gasteiger partial charge in [-0.25, -0.2) is 0 Å². The van der Waals surface area contributed by atoms with Crippen LogP contribution in [0.25, 0.3) is 0 Å². The van der Waals surface area contributed by atoms with Crippen molar-refractivity contribution in [3.05, 3.63) is 57.8 Å². The quantitative estimate of drug-likeness (QED) is 0.679. The second-order valence-corrected chi connectivity index (χ2v) is 7.84. The first-order valence-electron chi connectivity index (χ1n) is 9.30. The van der Waals surface area contributed by atoms with Gasteiger partial charge in [-0.3, -0.25) is 9.59 Å². The molecule has 1 saturated heterocycles. The lowest BCUT2D eigenvalue weighted by molar-refractivity contribution is -0.137. The van der Waals surface area contributed by atoms with Crippen LogP contribution in [0.4, 0.5) is 13.2 Å². The Kier molecular flexibility index (Phi) is 6.36. The minimum atomic E-state index is -4.49. The van der Waals surface area contributed by atoms with Gasteiger partial charge in [-0.2, -0.15) is 13.2 Å². The number of nitrogens with one attached hydrogen (secondary N) is 1. The smallest absolute Gasteiger partial charge is 0.343 e. The largest absolute Gasteiger partial charge is 0.416 e. The summed E-state index contributed by atoms with van der Waals surface area (Å²) < 4.78 is 42.0. The van der Waals surface area contributed by atoms with Gasteiger partial charge in [0.25, 0.3) is 5.91 Å². The van der Waals surface area contributed by atoms with E-state index in [4.69, 9.17) is 0 Å². The van der Waals surface area contributed by atoms with Gasteiger partial charge in [0, 0.05) is 36.7 Å². The molecule has 2 amide bonds. The molecule has 1 aromatic carbocycles. The number of benzene rings is 1. The fraction of sp³-hybridized carbons (Fsp3) is 0.400. The molecule has 0 radical (unpaired) electrons. The number of rotatable bonds is 6. The maximum Gasteiger partial charge on any atom is 0.416 e. The second-order valence-electron chi connectivity index (χ2n) is 6.92. The molecule has 156 valence electrons. The number of carbonyl (C=O) groups is 2. The van der Waals surface area contributed by atoms with E-state index in [9.17, 15) is 22.8 Å². The van der Waals surface area contributed by atoms with E-state index in [-0.39, 0.29) is 12.5 Å². The normalized spacial score (nSPS) is 15.6. The number of carbonyl (C=O) groups excluding carboxylic acids is 2. The van der Waals surface area contributed by atoms with Gasteiger partial charge in [0.2, 0.25) is 5.91 Å². The molecule has 1 aromatic heterocycles. The summed E-state index contributed by atoms with van der Waals surface area (Å²) in [5, 5.41) is 2.82. The van der Waals surface area contributed by atoms with Crippen molar-refractivity contribution >= 4 is 27.7 Å². The number of aromatic nitrogens is 1. The Morgan fingerprint density at radius 2 is 2.07 bits per heavy atom. The number of hydrogen-bond acceptors (Lipinski definition) is 2. The average molecular weight is 472 g/mol. The van der Waals surface area contributed by atoms with Crippen molar-refractivity contribution in [1.82, 2.24) is 14.8 Å². The molecule has 0 bridgehead atoms. The lowest BCUT2D eigenvalue weighted by Gasteiger charge is -2.26. The van der Waals surface area contributed by atoms with Crippen molar-refractivity contribution in [2.75, 3.05) is 13.1 Å². The van der Waals surface area contributed by atoms with Gasteiger partial charge >= 0.3 is 6.18 Å². The first kappa shape index (κ1) is 21.4. The third-order valence-corrected chi connectivity index (χ3v) is 5.37. The zero-order valence-corrected chi connectivity index (χ0v) is 17.4. The Morgan fingerprint density at radius 1 is 1.31 bits per heavy atom. The van der Waals surface area contributed by atoms with Crippen LogP contribution in [-0.4, -0.2) is 34.4 Å². The SMILES string of the molecule is CCn1cc(Br)cc1C(=O)NC(CN1CCCC1=O)c1cccc(C(F)(F)F)c1. The van der Waals surface area contributed by atoms with E-state index >= 15 is 0 Å². The van der Waals surface area contributed by atoms with Crippen LogP contribution in [-0.2, 0) is 17.5 Å². The highest BCUT2D eigenvalue weighted by Crippen LogP contribution is 2.31. The summed E-state index contributed by atoms with van der Waals surface area (Å²) in [6.07, 6.45) is -1.61. The van der Waals surface area contributed by atoms with Crippen LogP contribution in [0, 0.1) is 0 Å². The Balaban J connectivity index is 1.91. The summed E-state index contributed by atoms with van der Waals surface area (Å²) in [6, 6.07) is 5.77. The zero-order valence-electron chi connectivity index (χ0n) is 15.8. The highest BCUT2D eigenvalue weighted by Gasteiger charge is 2.32. The van der Waals surface area contributed by atoms with Gasteiger partial charge in [-0.15, -0.1) is 0 Å². The molecule has 1 N–H and O–H groups in total. The Labute approximate surface area is 175 Å². The van der Waals surface area contributed by atoms with E-state index in [1.807, 2.05) is 6.92 Å². The van der Waals surface area contributed by atoms with Gasteiger partial charge in [-0.1, -0.05) is 12.1 Å². The molecule has 1 unspecified atom stereocenters. The Bertz CT molecular complexity index is 911. The number of halogens is 4. The molecule has 9 heteroatoms.